The third-order valence-electron chi connectivity index (χ3n) is 4.99. The van der Waals surface area contributed by atoms with E-state index in [2.05, 4.69) is 34.1 Å². The molecule has 0 unspecified atom stereocenters. The molecule has 1 N–H and O–H groups in total. The molecule has 7 heteroatoms. The van der Waals surface area contributed by atoms with Crippen LogP contribution in [-0.2, 0) is 11.3 Å². The van der Waals surface area contributed by atoms with Gasteiger partial charge in [-0.05, 0) is 29.8 Å². The van der Waals surface area contributed by atoms with Crippen LogP contribution < -0.4 is 10.1 Å². The standard InChI is InChI=1S/C26H25N5O2/c1-18(2)26-30-16-22(23-7-3-4-13-28-23)25(31-26)20-10-8-19(9-11-20)14-29-24(32)17-33-21-6-5-12-27-15-21/h3-13,15-16,18H,14,17H2,1-2H3,(H,29,32). The van der Waals surface area contributed by atoms with Gasteiger partial charge >= 0.3 is 0 Å². The molecular formula is C26H25N5O2. The van der Waals surface area contributed by atoms with Crippen molar-refractivity contribution in [3.05, 3.63) is 90.8 Å². The number of benzene rings is 1. The number of nitrogens with one attached hydrogen (secondary N) is 1. The van der Waals surface area contributed by atoms with Crippen molar-refractivity contribution < 1.29 is 9.53 Å². The lowest BCUT2D eigenvalue weighted by Gasteiger charge is -2.12. The molecule has 0 saturated carbocycles. The highest BCUT2D eigenvalue weighted by Crippen LogP contribution is 2.30. The molecule has 0 aliphatic rings. The molecule has 1 aromatic carbocycles. The number of carbonyl (C=O) groups is 1. The van der Waals surface area contributed by atoms with E-state index in [0.717, 1.165) is 33.9 Å². The molecule has 3 aromatic heterocycles. The molecule has 0 spiro atoms. The Morgan fingerprint density at radius 3 is 2.52 bits per heavy atom. The average Bonchev–Trinajstić information content (AvgIpc) is 2.87. The van der Waals surface area contributed by atoms with Crippen LogP contribution in [0.15, 0.2) is 79.4 Å². The molecule has 0 bridgehead atoms. The SMILES string of the molecule is CC(C)c1ncc(-c2ccccn2)c(-c2ccc(CNC(=O)COc3cccnc3)cc2)n1. The van der Waals surface area contributed by atoms with Crippen molar-refractivity contribution >= 4 is 5.91 Å². The minimum absolute atomic E-state index is 0.0594. The van der Waals surface area contributed by atoms with Gasteiger partial charge in [0.1, 0.15) is 11.6 Å². The summed E-state index contributed by atoms with van der Waals surface area (Å²) in [5.74, 6) is 1.36. The van der Waals surface area contributed by atoms with E-state index in [1.807, 2.05) is 48.7 Å². The Balaban J connectivity index is 1.46. The first-order chi connectivity index (χ1) is 16.1. The molecule has 4 rings (SSSR count). The summed E-state index contributed by atoms with van der Waals surface area (Å²) in [5.41, 5.74) is 4.50. The van der Waals surface area contributed by atoms with Gasteiger partial charge in [0.2, 0.25) is 0 Å². The number of aromatic nitrogens is 4. The summed E-state index contributed by atoms with van der Waals surface area (Å²) in [6.45, 7) is 4.49. The summed E-state index contributed by atoms with van der Waals surface area (Å²) in [7, 11) is 0. The van der Waals surface area contributed by atoms with Gasteiger partial charge in [-0.2, -0.15) is 0 Å². The number of pyridine rings is 2. The first-order valence-corrected chi connectivity index (χ1v) is 10.8. The predicted octanol–water partition coefficient (Wildman–Crippen LogP) is 4.42. The van der Waals surface area contributed by atoms with Crippen molar-refractivity contribution in [2.45, 2.75) is 26.3 Å². The number of rotatable bonds is 8. The fraction of sp³-hybridized carbons (Fsp3) is 0.192. The van der Waals surface area contributed by atoms with E-state index in [1.165, 1.54) is 0 Å². The fourth-order valence-corrected chi connectivity index (χ4v) is 3.22. The van der Waals surface area contributed by atoms with Crippen LogP contribution in [0.1, 0.15) is 31.2 Å². The minimum Gasteiger partial charge on any atom is -0.482 e. The van der Waals surface area contributed by atoms with Gasteiger partial charge in [-0.25, -0.2) is 9.97 Å². The van der Waals surface area contributed by atoms with E-state index in [4.69, 9.17) is 9.72 Å². The number of hydrogen-bond donors (Lipinski definition) is 1. The van der Waals surface area contributed by atoms with E-state index in [9.17, 15) is 4.79 Å². The van der Waals surface area contributed by atoms with Crippen LogP contribution in [0.5, 0.6) is 5.75 Å². The Labute approximate surface area is 192 Å². The van der Waals surface area contributed by atoms with E-state index in [1.54, 1.807) is 30.7 Å². The highest BCUT2D eigenvalue weighted by molar-refractivity contribution is 5.79. The molecule has 4 aromatic rings. The highest BCUT2D eigenvalue weighted by atomic mass is 16.5. The molecule has 0 fully saturated rings. The van der Waals surface area contributed by atoms with Crippen molar-refractivity contribution in [1.82, 2.24) is 25.3 Å². The largest absolute Gasteiger partial charge is 0.482 e. The molecule has 1 amide bonds. The van der Waals surface area contributed by atoms with Crippen LogP contribution in [0.3, 0.4) is 0 Å². The van der Waals surface area contributed by atoms with Crippen LogP contribution in [-0.4, -0.2) is 32.4 Å². The Bertz CT molecular complexity index is 1200. The van der Waals surface area contributed by atoms with Crippen molar-refractivity contribution in [1.29, 1.82) is 0 Å². The van der Waals surface area contributed by atoms with E-state index in [0.29, 0.717) is 12.3 Å². The zero-order valence-electron chi connectivity index (χ0n) is 18.6. The first kappa shape index (κ1) is 22.1. The zero-order valence-corrected chi connectivity index (χ0v) is 18.6. The highest BCUT2D eigenvalue weighted by Gasteiger charge is 2.14. The van der Waals surface area contributed by atoms with Crippen molar-refractivity contribution in [2.75, 3.05) is 6.61 Å². The molecular weight excluding hydrogens is 414 g/mol. The van der Waals surface area contributed by atoms with Crippen molar-refractivity contribution in [3.63, 3.8) is 0 Å². The molecule has 166 valence electrons. The molecule has 7 nitrogen and oxygen atoms in total. The van der Waals surface area contributed by atoms with Crippen LogP contribution in [0.2, 0.25) is 0 Å². The second-order valence-electron chi connectivity index (χ2n) is 7.81. The first-order valence-electron chi connectivity index (χ1n) is 10.8. The number of hydrogen-bond acceptors (Lipinski definition) is 6. The van der Waals surface area contributed by atoms with Gasteiger partial charge in [0.15, 0.2) is 6.61 Å². The summed E-state index contributed by atoms with van der Waals surface area (Å²) < 4.78 is 5.42. The van der Waals surface area contributed by atoms with Gasteiger partial charge in [-0.1, -0.05) is 44.2 Å². The second kappa shape index (κ2) is 10.5. The van der Waals surface area contributed by atoms with Crippen LogP contribution >= 0.6 is 0 Å². The van der Waals surface area contributed by atoms with Gasteiger partial charge in [0.05, 0.1) is 17.6 Å². The molecule has 3 heterocycles. The van der Waals surface area contributed by atoms with Crippen molar-refractivity contribution in [3.8, 4) is 28.3 Å². The topological polar surface area (TPSA) is 89.9 Å². The Morgan fingerprint density at radius 2 is 1.82 bits per heavy atom. The maximum atomic E-state index is 12.1. The summed E-state index contributed by atoms with van der Waals surface area (Å²) in [6.07, 6.45) is 6.83. The lowest BCUT2D eigenvalue weighted by Crippen LogP contribution is -2.28. The number of nitrogens with zero attached hydrogens (tertiary/aromatic N) is 4. The van der Waals surface area contributed by atoms with Crippen molar-refractivity contribution in [2.24, 2.45) is 0 Å². The molecule has 0 radical (unpaired) electrons. The average molecular weight is 440 g/mol. The molecule has 0 atom stereocenters. The van der Waals surface area contributed by atoms with Crippen LogP contribution in [0.25, 0.3) is 22.5 Å². The maximum Gasteiger partial charge on any atom is 0.258 e. The van der Waals surface area contributed by atoms with Gasteiger partial charge in [-0.15, -0.1) is 0 Å². The number of ether oxygens (including phenoxy) is 1. The predicted molar refractivity (Wildman–Crippen MR) is 126 cm³/mol. The van der Waals surface area contributed by atoms with Crippen LogP contribution in [0, 0.1) is 0 Å². The van der Waals surface area contributed by atoms with Gasteiger partial charge < -0.3 is 10.1 Å². The molecule has 0 saturated heterocycles. The summed E-state index contributed by atoms with van der Waals surface area (Å²) in [5, 5.41) is 2.87. The normalized spacial score (nSPS) is 10.8. The lowest BCUT2D eigenvalue weighted by atomic mass is 10.0. The van der Waals surface area contributed by atoms with Crippen LogP contribution in [0.4, 0.5) is 0 Å². The zero-order chi connectivity index (χ0) is 23.0. The maximum absolute atomic E-state index is 12.1. The molecule has 33 heavy (non-hydrogen) atoms. The third-order valence-corrected chi connectivity index (χ3v) is 4.99. The second-order valence-corrected chi connectivity index (χ2v) is 7.81. The van der Waals surface area contributed by atoms with Gasteiger partial charge in [-0.3, -0.25) is 14.8 Å². The Hall–Kier alpha value is -4.13. The summed E-state index contributed by atoms with van der Waals surface area (Å²) in [6, 6.07) is 17.3. The monoisotopic (exact) mass is 439 g/mol. The molecule has 0 aliphatic carbocycles. The number of carbonyl (C=O) groups excluding carboxylic acids is 1. The van der Waals surface area contributed by atoms with Gasteiger partial charge in [0, 0.05) is 42.2 Å². The summed E-state index contributed by atoms with van der Waals surface area (Å²) in [4.78, 5) is 29.9. The van der Waals surface area contributed by atoms with Gasteiger partial charge in [0.25, 0.3) is 5.91 Å². The minimum atomic E-state index is -0.197. The fourth-order valence-electron chi connectivity index (χ4n) is 3.22. The quantitative estimate of drug-likeness (QED) is 0.437. The lowest BCUT2D eigenvalue weighted by molar-refractivity contribution is -0.123. The molecule has 0 aliphatic heterocycles. The van der Waals surface area contributed by atoms with E-state index in [-0.39, 0.29) is 18.4 Å². The third kappa shape index (κ3) is 5.77. The number of amides is 1. The Morgan fingerprint density at radius 1 is 0.970 bits per heavy atom. The van der Waals surface area contributed by atoms with E-state index >= 15 is 0 Å². The Kier molecular flexibility index (Phi) is 6.99. The summed E-state index contributed by atoms with van der Waals surface area (Å²) >= 11 is 0. The van der Waals surface area contributed by atoms with E-state index < -0.39 is 0 Å². The smallest absolute Gasteiger partial charge is 0.258 e.